The first-order valence-corrected chi connectivity index (χ1v) is 9.09. The van der Waals surface area contributed by atoms with Crippen LogP contribution in [0.3, 0.4) is 0 Å². The lowest BCUT2D eigenvalue weighted by Gasteiger charge is -2.29. The number of nitro benzene ring substituents is 1. The van der Waals surface area contributed by atoms with Crippen molar-refractivity contribution in [1.82, 2.24) is 0 Å². The van der Waals surface area contributed by atoms with Crippen molar-refractivity contribution in [3.8, 4) is 0 Å². The van der Waals surface area contributed by atoms with Gasteiger partial charge < -0.3 is 5.32 Å². The summed E-state index contributed by atoms with van der Waals surface area (Å²) in [6.45, 7) is 4.21. The molecule has 0 aromatic heterocycles. The zero-order valence-electron chi connectivity index (χ0n) is 15.2. The van der Waals surface area contributed by atoms with Gasteiger partial charge in [0.15, 0.2) is 0 Å². The minimum absolute atomic E-state index is 0.0167. The summed E-state index contributed by atoms with van der Waals surface area (Å²) in [7, 11) is 0. The molecule has 5 nitrogen and oxygen atoms in total. The summed E-state index contributed by atoms with van der Waals surface area (Å²) in [6.07, 6.45) is 3.49. The van der Waals surface area contributed by atoms with Gasteiger partial charge in [-0.15, -0.1) is 0 Å². The normalized spacial score (nSPS) is 15.8. The van der Waals surface area contributed by atoms with Crippen molar-refractivity contribution in [2.45, 2.75) is 50.9 Å². The van der Waals surface area contributed by atoms with Crippen LogP contribution in [0.4, 0.5) is 11.4 Å². The van der Waals surface area contributed by atoms with Gasteiger partial charge in [-0.3, -0.25) is 14.9 Å². The fourth-order valence-corrected chi connectivity index (χ4v) is 3.88. The van der Waals surface area contributed by atoms with Gasteiger partial charge in [0.25, 0.3) is 5.69 Å². The van der Waals surface area contributed by atoms with Gasteiger partial charge in [0, 0.05) is 17.8 Å². The van der Waals surface area contributed by atoms with Crippen LogP contribution in [0.1, 0.15) is 56.6 Å². The number of carbonyl (C=O) groups excluding carboxylic acids is 1. The molecule has 1 aliphatic rings. The van der Waals surface area contributed by atoms with Crippen molar-refractivity contribution >= 4 is 17.3 Å². The average molecular weight is 352 g/mol. The number of para-hydroxylation sites is 1. The Bertz CT molecular complexity index is 806. The van der Waals surface area contributed by atoms with Gasteiger partial charge in [0.05, 0.1) is 10.3 Å². The molecule has 0 bridgehead atoms. The molecule has 3 rings (SSSR count). The summed E-state index contributed by atoms with van der Waals surface area (Å²) < 4.78 is 0. The van der Waals surface area contributed by atoms with E-state index in [1.165, 1.54) is 12.1 Å². The van der Waals surface area contributed by atoms with Crippen LogP contribution in [0.2, 0.25) is 0 Å². The second-order valence-corrected chi connectivity index (χ2v) is 7.29. The highest BCUT2D eigenvalue weighted by Gasteiger charge is 2.43. The number of benzene rings is 2. The second-order valence-electron chi connectivity index (χ2n) is 7.29. The molecular weight excluding hydrogens is 328 g/mol. The van der Waals surface area contributed by atoms with E-state index in [2.05, 4.69) is 19.2 Å². The maximum atomic E-state index is 13.3. The van der Waals surface area contributed by atoms with E-state index in [4.69, 9.17) is 0 Å². The first-order chi connectivity index (χ1) is 12.4. The third kappa shape index (κ3) is 3.34. The van der Waals surface area contributed by atoms with Crippen LogP contribution in [-0.2, 0) is 10.2 Å². The zero-order chi connectivity index (χ0) is 18.7. The molecule has 0 radical (unpaired) electrons. The molecule has 0 spiro atoms. The molecule has 0 aliphatic heterocycles. The Morgan fingerprint density at radius 3 is 2.27 bits per heavy atom. The highest BCUT2D eigenvalue weighted by Crippen LogP contribution is 2.42. The van der Waals surface area contributed by atoms with Crippen molar-refractivity contribution in [2.24, 2.45) is 0 Å². The Hall–Kier alpha value is -2.69. The maximum absolute atomic E-state index is 13.3. The lowest BCUT2D eigenvalue weighted by molar-refractivity contribution is -0.384. The topological polar surface area (TPSA) is 72.2 Å². The molecular formula is C21H24N2O3. The van der Waals surface area contributed by atoms with Gasteiger partial charge in [-0.2, -0.15) is 0 Å². The van der Waals surface area contributed by atoms with Crippen LogP contribution >= 0.6 is 0 Å². The SMILES string of the molecule is CC(C)c1ccccc1NC(=O)C1(c2ccc([N+](=O)[O-])cc2)CCCC1. The van der Waals surface area contributed by atoms with Crippen molar-refractivity contribution in [3.63, 3.8) is 0 Å². The van der Waals surface area contributed by atoms with Crippen LogP contribution in [-0.4, -0.2) is 10.8 Å². The Morgan fingerprint density at radius 2 is 1.69 bits per heavy atom. The van der Waals surface area contributed by atoms with Crippen molar-refractivity contribution < 1.29 is 9.72 Å². The molecule has 0 atom stereocenters. The third-order valence-corrected chi connectivity index (χ3v) is 5.35. The number of nitrogens with zero attached hydrogens (tertiary/aromatic N) is 1. The van der Waals surface area contributed by atoms with E-state index in [0.29, 0.717) is 5.92 Å². The molecule has 1 amide bonds. The van der Waals surface area contributed by atoms with E-state index in [9.17, 15) is 14.9 Å². The standard InChI is InChI=1S/C21H24N2O3/c1-15(2)18-7-3-4-8-19(18)22-20(24)21(13-5-6-14-21)16-9-11-17(12-10-16)23(25)26/h3-4,7-12,15H,5-6,13-14H2,1-2H3,(H,22,24). The lowest BCUT2D eigenvalue weighted by Crippen LogP contribution is -2.38. The van der Waals surface area contributed by atoms with E-state index in [0.717, 1.165) is 42.5 Å². The Kier molecular flexibility index (Phi) is 5.07. The quantitative estimate of drug-likeness (QED) is 0.596. The number of carbonyl (C=O) groups is 1. The summed E-state index contributed by atoms with van der Waals surface area (Å²) in [4.78, 5) is 23.8. The maximum Gasteiger partial charge on any atom is 0.269 e. The van der Waals surface area contributed by atoms with E-state index < -0.39 is 10.3 Å². The lowest BCUT2D eigenvalue weighted by atomic mass is 9.77. The van der Waals surface area contributed by atoms with E-state index in [-0.39, 0.29) is 11.6 Å². The Morgan fingerprint density at radius 1 is 1.08 bits per heavy atom. The number of anilines is 1. The van der Waals surface area contributed by atoms with Crippen LogP contribution in [0.15, 0.2) is 48.5 Å². The Labute approximate surface area is 153 Å². The van der Waals surface area contributed by atoms with Gasteiger partial charge in [-0.25, -0.2) is 0 Å². The van der Waals surface area contributed by atoms with Crippen LogP contribution < -0.4 is 5.32 Å². The number of nitrogens with one attached hydrogen (secondary N) is 1. The molecule has 26 heavy (non-hydrogen) atoms. The molecule has 1 fully saturated rings. The summed E-state index contributed by atoms with van der Waals surface area (Å²) in [5.74, 6) is 0.294. The van der Waals surface area contributed by atoms with Crippen molar-refractivity contribution in [3.05, 3.63) is 69.8 Å². The largest absolute Gasteiger partial charge is 0.325 e. The molecule has 0 heterocycles. The van der Waals surface area contributed by atoms with Gasteiger partial charge in [-0.05, 0) is 36.0 Å². The number of rotatable bonds is 5. The summed E-state index contributed by atoms with van der Waals surface area (Å²) in [5, 5.41) is 14.1. The fraction of sp³-hybridized carbons (Fsp3) is 0.381. The minimum Gasteiger partial charge on any atom is -0.325 e. The highest BCUT2D eigenvalue weighted by molar-refractivity contribution is 6.00. The number of hydrogen-bond donors (Lipinski definition) is 1. The monoisotopic (exact) mass is 352 g/mol. The van der Waals surface area contributed by atoms with Crippen LogP contribution in [0, 0.1) is 10.1 Å². The summed E-state index contributed by atoms with van der Waals surface area (Å²) in [6, 6.07) is 14.3. The van der Waals surface area contributed by atoms with E-state index in [1.807, 2.05) is 24.3 Å². The molecule has 136 valence electrons. The molecule has 5 heteroatoms. The molecule has 1 aliphatic carbocycles. The Balaban J connectivity index is 1.92. The number of hydrogen-bond acceptors (Lipinski definition) is 3. The average Bonchev–Trinajstić information content (AvgIpc) is 3.13. The van der Waals surface area contributed by atoms with Gasteiger partial charge >= 0.3 is 0 Å². The zero-order valence-corrected chi connectivity index (χ0v) is 15.2. The summed E-state index contributed by atoms with van der Waals surface area (Å²) >= 11 is 0. The summed E-state index contributed by atoms with van der Waals surface area (Å²) in [5.41, 5.74) is 2.25. The highest BCUT2D eigenvalue weighted by atomic mass is 16.6. The number of non-ortho nitro benzene ring substituents is 1. The van der Waals surface area contributed by atoms with Crippen molar-refractivity contribution in [2.75, 3.05) is 5.32 Å². The molecule has 1 N–H and O–H groups in total. The second kappa shape index (κ2) is 7.28. The van der Waals surface area contributed by atoms with Crippen molar-refractivity contribution in [1.29, 1.82) is 0 Å². The van der Waals surface area contributed by atoms with Crippen LogP contribution in [0.25, 0.3) is 0 Å². The van der Waals surface area contributed by atoms with E-state index >= 15 is 0 Å². The molecule has 2 aromatic carbocycles. The minimum atomic E-state index is -0.612. The predicted octanol–water partition coefficient (Wildman–Crippen LogP) is 5.17. The van der Waals surface area contributed by atoms with Gasteiger partial charge in [-0.1, -0.05) is 57.0 Å². The van der Waals surface area contributed by atoms with E-state index in [1.54, 1.807) is 12.1 Å². The number of nitro groups is 1. The smallest absolute Gasteiger partial charge is 0.269 e. The molecule has 2 aromatic rings. The first-order valence-electron chi connectivity index (χ1n) is 9.09. The predicted molar refractivity (Wildman–Crippen MR) is 102 cm³/mol. The van der Waals surface area contributed by atoms with Gasteiger partial charge in [0.1, 0.15) is 0 Å². The van der Waals surface area contributed by atoms with Crippen LogP contribution in [0.5, 0.6) is 0 Å². The van der Waals surface area contributed by atoms with Gasteiger partial charge in [0.2, 0.25) is 5.91 Å². The molecule has 0 unspecified atom stereocenters. The first kappa shape index (κ1) is 18.1. The third-order valence-electron chi connectivity index (χ3n) is 5.35. The molecule has 0 saturated heterocycles. The molecule has 1 saturated carbocycles. The fourth-order valence-electron chi connectivity index (χ4n) is 3.88. The number of amides is 1.